The molecule has 2 aromatic heterocycles. The highest BCUT2D eigenvalue weighted by atomic mass is 32.1. The molecule has 3 nitrogen and oxygen atoms in total. The fraction of sp³-hybridized carbons (Fsp3) is 0.222. The van der Waals surface area contributed by atoms with Crippen LogP contribution in [0, 0.1) is 6.92 Å². The summed E-state index contributed by atoms with van der Waals surface area (Å²) in [6.07, 6.45) is 1.83. The molecule has 0 atom stereocenters. The van der Waals surface area contributed by atoms with Crippen molar-refractivity contribution in [2.75, 3.05) is 5.73 Å². The summed E-state index contributed by atoms with van der Waals surface area (Å²) in [5.41, 5.74) is 6.77. The molecule has 0 saturated heterocycles. The smallest absolute Gasteiger partial charge is 0.259 e. The topological polar surface area (TPSA) is 48.0 Å². The van der Waals surface area contributed by atoms with E-state index in [0.29, 0.717) is 5.00 Å². The number of hydrogen-bond acceptors (Lipinski definition) is 3. The lowest BCUT2D eigenvalue weighted by Crippen LogP contribution is -2.15. The minimum atomic E-state index is 0.0218. The molecule has 0 amide bonds. The van der Waals surface area contributed by atoms with Crippen LogP contribution in [0.3, 0.4) is 0 Å². The van der Waals surface area contributed by atoms with Crippen LogP contribution in [0.4, 0.5) is 5.00 Å². The lowest BCUT2D eigenvalue weighted by Gasteiger charge is -1.99. The molecule has 0 aliphatic heterocycles. The fourth-order valence-electron chi connectivity index (χ4n) is 1.46. The zero-order chi connectivity index (χ0) is 9.59. The van der Waals surface area contributed by atoms with E-state index in [1.54, 1.807) is 17.7 Å². The Morgan fingerprint density at radius 1 is 1.54 bits per heavy atom. The van der Waals surface area contributed by atoms with Gasteiger partial charge in [-0.15, -0.1) is 11.3 Å². The van der Waals surface area contributed by atoms with E-state index in [2.05, 4.69) is 0 Å². The van der Waals surface area contributed by atoms with Gasteiger partial charge in [-0.25, -0.2) is 0 Å². The number of fused-ring (bicyclic) bond motifs is 1. The van der Waals surface area contributed by atoms with Crippen LogP contribution in [0.2, 0.25) is 0 Å². The lowest BCUT2D eigenvalue weighted by atomic mass is 10.2. The average Bonchev–Trinajstić information content (AvgIpc) is 2.44. The molecule has 13 heavy (non-hydrogen) atoms. The van der Waals surface area contributed by atoms with E-state index in [9.17, 15) is 4.79 Å². The third-order valence-corrected chi connectivity index (χ3v) is 3.15. The third kappa shape index (κ3) is 1.14. The van der Waals surface area contributed by atoms with Gasteiger partial charge in [0.1, 0.15) is 0 Å². The van der Waals surface area contributed by atoms with Gasteiger partial charge in [-0.3, -0.25) is 4.79 Å². The zero-order valence-electron chi connectivity index (χ0n) is 7.50. The molecular weight excluding hydrogens is 184 g/mol. The van der Waals surface area contributed by atoms with Crippen LogP contribution in [-0.4, -0.2) is 4.57 Å². The molecule has 68 valence electrons. The predicted octanol–water partition coefficient (Wildman–Crippen LogP) is 1.49. The Labute approximate surface area is 79.4 Å². The minimum Gasteiger partial charge on any atom is -0.391 e. The SMILES string of the molecule is Cc1cn(C)c(=O)c2cc(N)sc12. The summed E-state index contributed by atoms with van der Waals surface area (Å²) >= 11 is 1.47. The van der Waals surface area contributed by atoms with Gasteiger partial charge in [0.2, 0.25) is 0 Å². The second-order valence-electron chi connectivity index (χ2n) is 3.12. The monoisotopic (exact) mass is 194 g/mol. The Morgan fingerprint density at radius 3 is 2.92 bits per heavy atom. The third-order valence-electron chi connectivity index (χ3n) is 2.05. The molecule has 2 rings (SSSR count). The number of aromatic nitrogens is 1. The van der Waals surface area contributed by atoms with Gasteiger partial charge in [-0.2, -0.15) is 0 Å². The summed E-state index contributed by atoms with van der Waals surface area (Å²) in [6, 6.07) is 1.75. The summed E-state index contributed by atoms with van der Waals surface area (Å²) < 4.78 is 2.59. The maximum absolute atomic E-state index is 11.6. The number of pyridine rings is 1. The van der Waals surface area contributed by atoms with Gasteiger partial charge in [0.15, 0.2) is 0 Å². The van der Waals surface area contributed by atoms with Crippen molar-refractivity contribution in [2.24, 2.45) is 7.05 Å². The number of anilines is 1. The molecule has 0 aliphatic rings. The van der Waals surface area contributed by atoms with Crippen LogP contribution >= 0.6 is 11.3 Å². The van der Waals surface area contributed by atoms with Crippen LogP contribution in [0.15, 0.2) is 17.1 Å². The Kier molecular flexibility index (Phi) is 1.66. The molecular formula is C9H10N2OS. The van der Waals surface area contributed by atoms with Gasteiger partial charge < -0.3 is 10.3 Å². The summed E-state index contributed by atoms with van der Waals surface area (Å²) in [4.78, 5) is 11.6. The van der Waals surface area contributed by atoms with Gasteiger partial charge >= 0.3 is 0 Å². The molecule has 2 N–H and O–H groups in total. The molecule has 0 bridgehead atoms. The molecule has 2 aromatic rings. The van der Waals surface area contributed by atoms with E-state index in [4.69, 9.17) is 5.73 Å². The zero-order valence-corrected chi connectivity index (χ0v) is 8.31. The van der Waals surface area contributed by atoms with E-state index in [-0.39, 0.29) is 5.56 Å². The Morgan fingerprint density at radius 2 is 2.23 bits per heavy atom. The number of nitrogen functional groups attached to an aromatic ring is 1. The van der Waals surface area contributed by atoms with Crippen molar-refractivity contribution >= 4 is 26.4 Å². The highest BCUT2D eigenvalue weighted by Gasteiger charge is 2.06. The number of nitrogens with zero attached hydrogens (tertiary/aromatic N) is 1. The van der Waals surface area contributed by atoms with Gasteiger partial charge in [0.25, 0.3) is 5.56 Å². The van der Waals surface area contributed by atoms with Crippen molar-refractivity contribution in [2.45, 2.75) is 6.92 Å². The molecule has 0 unspecified atom stereocenters. The Hall–Kier alpha value is -1.29. The normalized spacial score (nSPS) is 10.9. The summed E-state index contributed by atoms with van der Waals surface area (Å²) in [6.45, 7) is 1.98. The van der Waals surface area contributed by atoms with E-state index in [0.717, 1.165) is 15.6 Å². The quantitative estimate of drug-likeness (QED) is 0.690. The summed E-state index contributed by atoms with van der Waals surface area (Å²) in [5, 5.41) is 1.42. The lowest BCUT2D eigenvalue weighted by molar-refractivity contribution is 0.867. The van der Waals surface area contributed by atoms with Gasteiger partial charge in [0, 0.05) is 17.9 Å². The maximum Gasteiger partial charge on any atom is 0.259 e. The van der Waals surface area contributed by atoms with Crippen LogP contribution in [0.5, 0.6) is 0 Å². The molecule has 2 heterocycles. The molecule has 0 aromatic carbocycles. The number of nitrogens with two attached hydrogens (primary N) is 1. The van der Waals surface area contributed by atoms with Crippen LogP contribution in [0.25, 0.3) is 10.1 Å². The van der Waals surface area contributed by atoms with Gasteiger partial charge in [-0.05, 0) is 18.6 Å². The van der Waals surface area contributed by atoms with Crippen molar-refractivity contribution in [3.63, 3.8) is 0 Å². The number of thiophene rings is 1. The number of hydrogen-bond donors (Lipinski definition) is 1. The number of aryl methyl sites for hydroxylation is 2. The molecule has 0 radical (unpaired) electrons. The highest BCUT2D eigenvalue weighted by molar-refractivity contribution is 7.22. The van der Waals surface area contributed by atoms with Crippen molar-refractivity contribution in [3.8, 4) is 0 Å². The molecule has 0 spiro atoms. The Bertz CT molecular complexity index is 524. The predicted molar refractivity (Wildman–Crippen MR) is 56.2 cm³/mol. The van der Waals surface area contributed by atoms with E-state index in [1.807, 2.05) is 13.1 Å². The first kappa shape index (κ1) is 8.31. The van der Waals surface area contributed by atoms with E-state index >= 15 is 0 Å². The van der Waals surface area contributed by atoms with Crippen molar-refractivity contribution in [3.05, 3.63) is 28.2 Å². The standard InChI is InChI=1S/C9H10N2OS/c1-5-4-11(2)9(12)6-3-7(10)13-8(5)6/h3-4H,10H2,1-2H3. The van der Waals surface area contributed by atoms with Crippen molar-refractivity contribution < 1.29 is 0 Å². The maximum atomic E-state index is 11.6. The summed E-state index contributed by atoms with van der Waals surface area (Å²) in [7, 11) is 1.75. The van der Waals surface area contributed by atoms with E-state index < -0.39 is 0 Å². The molecule has 0 fully saturated rings. The average molecular weight is 194 g/mol. The number of rotatable bonds is 0. The first-order chi connectivity index (χ1) is 6.09. The first-order valence-corrected chi connectivity index (χ1v) is 4.76. The van der Waals surface area contributed by atoms with Gasteiger partial charge in [-0.1, -0.05) is 0 Å². The second-order valence-corrected chi connectivity index (χ2v) is 4.20. The fourth-order valence-corrected chi connectivity index (χ4v) is 2.34. The molecule has 0 aliphatic carbocycles. The van der Waals surface area contributed by atoms with Crippen LogP contribution < -0.4 is 11.3 Å². The van der Waals surface area contributed by atoms with Crippen molar-refractivity contribution in [1.29, 1.82) is 0 Å². The van der Waals surface area contributed by atoms with E-state index in [1.165, 1.54) is 11.3 Å². The molecule has 4 heteroatoms. The summed E-state index contributed by atoms with van der Waals surface area (Å²) in [5.74, 6) is 0. The highest BCUT2D eigenvalue weighted by Crippen LogP contribution is 2.27. The minimum absolute atomic E-state index is 0.0218. The second kappa shape index (κ2) is 2.60. The van der Waals surface area contributed by atoms with Crippen LogP contribution in [0.1, 0.15) is 5.56 Å². The Balaban J connectivity index is 3.04. The van der Waals surface area contributed by atoms with Crippen molar-refractivity contribution in [1.82, 2.24) is 4.57 Å². The largest absolute Gasteiger partial charge is 0.391 e. The first-order valence-electron chi connectivity index (χ1n) is 3.95. The molecule has 0 saturated carbocycles. The van der Waals surface area contributed by atoms with Gasteiger partial charge in [0.05, 0.1) is 10.4 Å². The van der Waals surface area contributed by atoms with Crippen LogP contribution in [-0.2, 0) is 7.05 Å².